The van der Waals surface area contributed by atoms with Crippen molar-refractivity contribution < 1.29 is 27.9 Å². The van der Waals surface area contributed by atoms with Crippen LogP contribution in [0.5, 0.6) is 0 Å². The van der Waals surface area contributed by atoms with Gasteiger partial charge in [0.25, 0.3) is 0 Å². The van der Waals surface area contributed by atoms with Gasteiger partial charge in [-0.1, -0.05) is 37.1 Å². The first kappa shape index (κ1) is 20.6. The highest BCUT2D eigenvalue weighted by Crippen LogP contribution is 2.67. The van der Waals surface area contributed by atoms with Crippen LogP contribution in [0.25, 0.3) is 0 Å². The molecular formula is C23H27F3O3. The fraction of sp³-hybridized carbons (Fsp3) is 0.652. The zero-order valence-corrected chi connectivity index (χ0v) is 16.9. The van der Waals surface area contributed by atoms with Gasteiger partial charge >= 0.3 is 6.18 Å². The number of Topliss-reactive ketones (excluding diaryl/α,β-unsaturated/α-hetero) is 1. The maximum absolute atomic E-state index is 14.2. The molecule has 7 unspecified atom stereocenters. The largest absolute Gasteiger partial charge is 0.392 e. The number of rotatable bonds is 2. The predicted molar refractivity (Wildman–Crippen MR) is 102 cm³/mol. The molecule has 0 bridgehead atoms. The van der Waals surface area contributed by atoms with Crippen LogP contribution in [0.3, 0.4) is 0 Å². The maximum atomic E-state index is 14.2. The van der Waals surface area contributed by atoms with E-state index in [4.69, 9.17) is 0 Å². The van der Waals surface area contributed by atoms with Crippen LogP contribution in [0.4, 0.5) is 13.2 Å². The summed E-state index contributed by atoms with van der Waals surface area (Å²) in [6, 6.07) is 0. The zero-order chi connectivity index (χ0) is 21.4. The molecule has 6 heteroatoms. The first-order valence-electron chi connectivity index (χ1n) is 10.3. The van der Waals surface area contributed by atoms with E-state index in [9.17, 15) is 27.9 Å². The molecule has 2 saturated carbocycles. The summed E-state index contributed by atoms with van der Waals surface area (Å²) in [5.74, 6) is -3.60. The molecule has 2 fully saturated rings. The number of hydrogen-bond donors (Lipinski definition) is 1. The SMILES string of the molecule is CC1CC2C3C(=CCC2(C)C1C(=O)CO)C1(C)C=CC(=O)C=C1CC3C(F)(F)F. The summed E-state index contributed by atoms with van der Waals surface area (Å²) in [4.78, 5) is 24.4. The standard InChI is InChI=1S/C23H27F3O3/c1-12-8-16-19-15(5-7-22(16,3)20(12)18(29)11-27)21(2)6-4-14(28)9-13(21)10-17(19)23(24,25)26/h4-6,9,12,16-17,19-20,27H,7-8,10-11H2,1-3H3. The molecule has 0 radical (unpaired) electrons. The Balaban J connectivity index is 1.87. The molecule has 0 aromatic heterocycles. The number of aliphatic hydroxyl groups is 1. The molecule has 0 heterocycles. The lowest BCUT2D eigenvalue weighted by Crippen LogP contribution is -2.51. The van der Waals surface area contributed by atoms with E-state index in [1.807, 2.05) is 26.8 Å². The molecule has 7 atom stereocenters. The highest BCUT2D eigenvalue weighted by molar-refractivity contribution is 6.01. The fourth-order valence-corrected chi connectivity index (χ4v) is 7.00. The second-order valence-electron chi connectivity index (χ2n) is 9.78. The van der Waals surface area contributed by atoms with Gasteiger partial charge < -0.3 is 5.11 Å². The summed E-state index contributed by atoms with van der Waals surface area (Å²) in [5.41, 5.74) is 0.00687. The summed E-state index contributed by atoms with van der Waals surface area (Å²) in [5, 5.41) is 9.46. The van der Waals surface area contributed by atoms with Crippen molar-refractivity contribution in [3.05, 3.63) is 35.5 Å². The molecule has 0 spiro atoms. The number of carbonyl (C=O) groups is 2. The maximum Gasteiger partial charge on any atom is 0.392 e. The number of halogens is 3. The number of alkyl halides is 3. The lowest BCUT2D eigenvalue weighted by Gasteiger charge is -2.55. The van der Waals surface area contributed by atoms with E-state index >= 15 is 0 Å². The van der Waals surface area contributed by atoms with Crippen molar-refractivity contribution in [3.8, 4) is 0 Å². The Hall–Kier alpha value is -1.69. The van der Waals surface area contributed by atoms with E-state index in [1.54, 1.807) is 6.08 Å². The first-order chi connectivity index (χ1) is 13.4. The summed E-state index contributed by atoms with van der Waals surface area (Å²) in [6.07, 6.45) is 2.97. The lowest BCUT2D eigenvalue weighted by molar-refractivity contribution is -0.199. The number of fused-ring (bicyclic) bond motifs is 5. The van der Waals surface area contributed by atoms with Gasteiger partial charge in [0.2, 0.25) is 0 Å². The summed E-state index contributed by atoms with van der Waals surface area (Å²) in [7, 11) is 0. The van der Waals surface area contributed by atoms with Crippen LogP contribution in [0.15, 0.2) is 35.5 Å². The normalized spacial score (nSPS) is 43.8. The molecule has 4 aliphatic rings. The number of carbonyl (C=O) groups excluding carboxylic acids is 2. The Morgan fingerprint density at radius 2 is 2.00 bits per heavy atom. The fourth-order valence-electron chi connectivity index (χ4n) is 7.00. The minimum Gasteiger partial charge on any atom is -0.389 e. The van der Waals surface area contributed by atoms with Crippen molar-refractivity contribution in [2.75, 3.05) is 6.61 Å². The van der Waals surface area contributed by atoms with Gasteiger partial charge in [0, 0.05) is 11.3 Å². The van der Waals surface area contributed by atoms with Crippen LogP contribution in [-0.4, -0.2) is 29.5 Å². The molecule has 0 saturated heterocycles. The Morgan fingerprint density at radius 1 is 1.31 bits per heavy atom. The minimum absolute atomic E-state index is 0.0699. The molecule has 0 amide bonds. The van der Waals surface area contributed by atoms with Gasteiger partial charge in [0.15, 0.2) is 11.6 Å². The van der Waals surface area contributed by atoms with Crippen molar-refractivity contribution >= 4 is 11.6 Å². The average molecular weight is 408 g/mol. The zero-order valence-electron chi connectivity index (χ0n) is 16.9. The Labute approximate surface area is 168 Å². The van der Waals surface area contributed by atoms with E-state index in [-0.39, 0.29) is 29.8 Å². The third-order valence-corrected chi connectivity index (χ3v) is 8.27. The van der Waals surface area contributed by atoms with Crippen LogP contribution in [0.2, 0.25) is 0 Å². The van der Waals surface area contributed by atoms with Crippen LogP contribution >= 0.6 is 0 Å². The van der Waals surface area contributed by atoms with Crippen molar-refractivity contribution in [1.82, 2.24) is 0 Å². The molecule has 0 aliphatic heterocycles. The third kappa shape index (κ3) is 2.82. The third-order valence-electron chi connectivity index (χ3n) is 8.27. The predicted octanol–water partition coefficient (Wildman–Crippen LogP) is 4.43. The molecule has 1 N–H and O–H groups in total. The van der Waals surface area contributed by atoms with Gasteiger partial charge in [-0.2, -0.15) is 13.2 Å². The Kier molecular flexibility index (Phi) is 4.54. The van der Waals surface area contributed by atoms with Crippen LogP contribution in [-0.2, 0) is 9.59 Å². The van der Waals surface area contributed by atoms with E-state index in [0.717, 1.165) is 5.57 Å². The Morgan fingerprint density at radius 3 is 2.62 bits per heavy atom. The van der Waals surface area contributed by atoms with Crippen molar-refractivity contribution in [1.29, 1.82) is 0 Å². The van der Waals surface area contributed by atoms with E-state index in [2.05, 4.69) is 0 Å². The van der Waals surface area contributed by atoms with Gasteiger partial charge in [0.1, 0.15) is 6.61 Å². The molecule has 3 nitrogen and oxygen atoms in total. The first-order valence-corrected chi connectivity index (χ1v) is 10.3. The minimum atomic E-state index is -4.39. The topological polar surface area (TPSA) is 54.4 Å². The summed E-state index contributed by atoms with van der Waals surface area (Å²) < 4.78 is 42.7. The molecular weight excluding hydrogens is 381 g/mol. The lowest BCUT2D eigenvalue weighted by atomic mass is 9.49. The van der Waals surface area contributed by atoms with Gasteiger partial charge in [-0.3, -0.25) is 9.59 Å². The van der Waals surface area contributed by atoms with Gasteiger partial charge in [-0.15, -0.1) is 0 Å². The van der Waals surface area contributed by atoms with Gasteiger partial charge in [-0.25, -0.2) is 0 Å². The van der Waals surface area contributed by atoms with Crippen molar-refractivity contribution in [2.24, 2.45) is 40.4 Å². The molecule has 0 aromatic rings. The highest BCUT2D eigenvalue weighted by atomic mass is 19.4. The monoisotopic (exact) mass is 408 g/mol. The van der Waals surface area contributed by atoms with Crippen LogP contribution < -0.4 is 0 Å². The van der Waals surface area contributed by atoms with E-state index < -0.39 is 41.4 Å². The quantitative estimate of drug-likeness (QED) is 0.688. The van der Waals surface area contributed by atoms with E-state index in [0.29, 0.717) is 18.4 Å². The molecule has 4 aliphatic carbocycles. The highest BCUT2D eigenvalue weighted by Gasteiger charge is 2.64. The van der Waals surface area contributed by atoms with Gasteiger partial charge in [0.05, 0.1) is 5.92 Å². The average Bonchev–Trinajstić information content (AvgIpc) is 2.90. The number of ketones is 2. The molecule has 158 valence electrons. The number of hydrogen-bond acceptors (Lipinski definition) is 3. The van der Waals surface area contributed by atoms with Crippen molar-refractivity contribution in [3.63, 3.8) is 0 Å². The number of allylic oxidation sites excluding steroid dienone is 6. The summed E-state index contributed by atoms with van der Waals surface area (Å²) in [6.45, 7) is 5.18. The number of aliphatic hydroxyl groups excluding tert-OH is 1. The second kappa shape index (κ2) is 6.40. The van der Waals surface area contributed by atoms with Crippen molar-refractivity contribution in [2.45, 2.75) is 46.2 Å². The Bertz CT molecular complexity index is 852. The van der Waals surface area contributed by atoms with Crippen LogP contribution in [0, 0.1) is 40.4 Å². The van der Waals surface area contributed by atoms with Gasteiger partial charge in [-0.05, 0) is 61.5 Å². The molecule has 29 heavy (non-hydrogen) atoms. The van der Waals surface area contributed by atoms with E-state index in [1.165, 1.54) is 12.2 Å². The van der Waals surface area contributed by atoms with Crippen LogP contribution in [0.1, 0.15) is 40.0 Å². The summed E-state index contributed by atoms with van der Waals surface area (Å²) >= 11 is 0. The second-order valence-corrected chi connectivity index (χ2v) is 9.78. The molecule has 4 rings (SSSR count). The smallest absolute Gasteiger partial charge is 0.389 e. The molecule has 0 aromatic carbocycles.